The molecule has 0 bridgehead atoms. The Bertz CT molecular complexity index is 467. The zero-order chi connectivity index (χ0) is 13.9. The summed E-state index contributed by atoms with van der Waals surface area (Å²) in [7, 11) is 1.36. The van der Waals surface area contributed by atoms with Crippen molar-refractivity contribution in [3.63, 3.8) is 0 Å². The lowest BCUT2D eigenvalue weighted by Gasteiger charge is -2.14. The SMILES string of the molecule is COc1c(CC(C)CO)cc([N+](=O)[O-])c(F)c1Br. The van der Waals surface area contributed by atoms with E-state index in [1.807, 2.05) is 0 Å². The Morgan fingerprint density at radius 2 is 2.28 bits per heavy atom. The van der Waals surface area contributed by atoms with Crippen LogP contribution < -0.4 is 4.74 Å². The number of halogens is 2. The highest BCUT2D eigenvalue weighted by atomic mass is 79.9. The number of benzene rings is 1. The maximum atomic E-state index is 13.7. The third-order valence-corrected chi connectivity index (χ3v) is 3.21. The highest BCUT2D eigenvalue weighted by Crippen LogP contribution is 2.38. The smallest absolute Gasteiger partial charge is 0.306 e. The van der Waals surface area contributed by atoms with Gasteiger partial charge in [-0.15, -0.1) is 0 Å². The summed E-state index contributed by atoms with van der Waals surface area (Å²) in [6, 6.07) is 1.14. The number of aliphatic hydroxyl groups is 1. The summed E-state index contributed by atoms with van der Waals surface area (Å²) in [5.41, 5.74) is -0.123. The van der Waals surface area contributed by atoms with E-state index in [-0.39, 0.29) is 22.7 Å². The first-order chi connectivity index (χ1) is 8.42. The standard InChI is InChI=1S/C11H13BrFNO4/c1-6(5-15)3-7-4-8(14(16)17)10(13)9(12)11(7)18-2/h4,6,15H,3,5H2,1-2H3. The van der Waals surface area contributed by atoms with Crippen molar-refractivity contribution in [3.8, 4) is 5.75 Å². The Balaban J connectivity index is 3.34. The van der Waals surface area contributed by atoms with E-state index < -0.39 is 16.4 Å². The minimum atomic E-state index is -0.961. The minimum absolute atomic E-state index is 0.0635. The molecule has 0 aliphatic rings. The van der Waals surface area contributed by atoms with Crippen LogP contribution in [0.3, 0.4) is 0 Å². The van der Waals surface area contributed by atoms with Crippen LogP contribution in [0.15, 0.2) is 10.5 Å². The van der Waals surface area contributed by atoms with Gasteiger partial charge < -0.3 is 9.84 Å². The molecule has 0 heterocycles. The van der Waals surface area contributed by atoms with E-state index >= 15 is 0 Å². The van der Waals surface area contributed by atoms with E-state index in [0.29, 0.717) is 12.0 Å². The Morgan fingerprint density at radius 3 is 2.72 bits per heavy atom. The molecule has 0 amide bonds. The molecule has 7 heteroatoms. The van der Waals surface area contributed by atoms with Gasteiger partial charge in [-0.25, -0.2) is 0 Å². The summed E-state index contributed by atoms with van der Waals surface area (Å²) >= 11 is 2.96. The number of rotatable bonds is 5. The summed E-state index contributed by atoms with van der Waals surface area (Å²) in [5, 5.41) is 19.7. The molecule has 0 saturated heterocycles. The molecule has 0 aromatic heterocycles. The fraction of sp³-hybridized carbons (Fsp3) is 0.455. The van der Waals surface area contributed by atoms with Gasteiger partial charge in [-0.3, -0.25) is 10.1 Å². The van der Waals surface area contributed by atoms with Crippen LogP contribution in [0.2, 0.25) is 0 Å². The monoisotopic (exact) mass is 321 g/mol. The minimum Gasteiger partial charge on any atom is -0.495 e. The molecule has 5 nitrogen and oxygen atoms in total. The molecule has 1 aromatic rings. The van der Waals surface area contributed by atoms with Crippen LogP contribution in [-0.4, -0.2) is 23.7 Å². The summed E-state index contributed by atoms with van der Waals surface area (Å²) < 4.78 is 18.7. The third-order valence-electron chi connectivity index (χ3n) is 2.50. The van der Waals surface area contributed by atoms with E-state index in [1.54, 1.807) is 6.92 Å². The second kappa shape index (κ2) is 6.10. The number of methoxy groups -OCH3 is 1. The van der Waals surface area contributed by atoms with E-state index in [0.717, 1.165) is 6.07 Å². The van der Waals surface area contributed by atoms with Gasteiger partial charge in [0.25, 0.3) is 0 Å². The second-order valence-corrected chi connectivity index (χ2v) is 4.76. The fourth-order valence-electron chi connectivity index (χ4n) is 1.59. The first-order valence-electron chi connectivity index (χ1n) is 5.22. The zero-order valence-corrected chi connectivity index (χ0v) is 11.5. The van der Waals surface area contributed by atoms with Crippen LogP contribution in [0, 0.1) is 21.8 Å². The highest BCUT2D eigenvalue weighted by molar-refractivity contribution is 9.10. The van der Waals surface area contributed by atoms with Gasteiger partial charge in [0.05, 0.1) is 12.0 Å². The first kappa shape index (κ1) is 14.8. The van der Waals surface area contributed by atoms with E-state index in [9.17, 15) is 14.5 Å². The highest BCUT2D eigenvalue weighted by Gasteiger charge is 2.24. The summed E-state index contributed by atoms with van der Waals surface area (Å²) in [6.45, 7) is 1.72. The van der Waals surface area contributed by atoms with Crippen molar-refractivity contribution in [2.75, 3.05) is 13.7 Å². The molecule has 1 aromatic carbocycles. The third kappa shape index (κ3) is 2.97. The molecule has 0 fully saturated rings. The number of ether oxygens (including phenoxy) is 1. The van der Waals surface area contributed by atoms with Crippen molar-refractivity contribution in [2.24, 2.45) is 5.92 Å². The van der Waals surface area contributed by atoms with Gasteiger partial charge in [-0.2, -0.15) is 4.39 Å². The van der Waals surface area contributed by atoms with Gasteiger partial charge in [0.1, 0.15) is 10.2 Å². The maximum Gasteiger partial charge on any atom is 0.306 e. The summed E-state index contributed by atoms with van der Waals surface area (Å²) in [4.78, 5) is 9.95. The first-order valence-corrected chi connectivity index (χ1v) is 6.01. The summed E-state index contributed by atoms with van der Waals surface area (Å²) in [5.74, 6) is -0.841. The van der Waals surface area contributed by atoms with Crippen molar-refractivity contribution < 1.29 is 19.2 Å². The predicted octanol–water partition coefficient (Wildman–Crippen LogP) is 2.68. The maximum absolute atomic E-state index is 13.7. The molecule has 0 radical (unpaired) electrons. The molecule has 0 aliphatic heterocycles. The van der Waals surface area contributed by atoms with Gasteiger partial charge in [0, 0.05) is 18.2 Å². The topological polar surface area (TPSA) is 72.6 Å². The Kier molecular flexibility index (Phi) is 5.03. The molecule has 1 rings (SSSR count). The van der Waals surface area contributed by atoms with Crippen LogP contribution >= 0.6 is 15.9 Å². The fourth-order valence-corrected chi connectivity index (χ4v) is 2.21. The largest absolute Gasteiger partial charge is 0.495 e. The average molecular weight is 322 g/mol. The predicted molar refractivity (Wildman–Crippen MR) is 67.3 cm³/mol. The lowest BCUT2D eigenvalue weighted by atomic mass is 10.0. The number of hydrogen-bond acceptors (Lipinski definition) is 4. The molecule has 0 saturated carbocycles. The number of nitro benzene ring substituents is 1. The van der Waals surface area contributed by atoms with Crippen LogP contribution in [-0.2, 0) is 6.42 Å². The second-order valence-electron chi connectivity index (χ2n) is 3.97. The molecule has 18 heavy (non-hydrogen) atoms. The number of nitrogens with zero attached hydrogens (tertiary/aromatic N) is 1. The van der Waals surface area contributed by atoms with Crippen LogP contribution in [0.25, 0.3) is 0 Å². The molecule has 0 spiro atoms. The van der Waals surface area contributed by atoms with E-state index in [2.05, 4.69) is 15.9 Å². The quantitative estimate of drug-likeness (QED) is 0.668. The van der Waals surface area contributed by atoms with Crippen molar-refractivity contribution >= 4 is 21.6 Å². The normalized spacial score (nSPS) is 12.3. The van der Waals surface area contributed by atoms with Crippen molar-refractivity contribution in [2.45, 2.75) is 13.3 Å². The van der Waals surface area contributed by atoms with Gasteiger partial charge in [0.2, 0.25) is 5.82 Å². The Morgan fingerprint density at radius 1 is 1.67 bits per heavy atom. The van der Waals surface area contributed by atoms with Crippen LogP contribution in [0.4, 0.5) is 10.1 Å². The number of hydrogen-bond donors (Lipinski definition) is 1. The molecular weight excluding hydrogens is 309 g/mol. The number of nitro groups is 1. The van der Waals surface area contributed by atoms with E-state index in [4.69, 9.17) is 9.84 Å². The molecule has 1 unspecified atom stereocenters. The molecule has 0 aliphatic carbocycles. The lowest BCUT2D eigenvalue weighted by Crippen LogP contribution is -2.08. The number of aliphatic hydroxyl groups excluding tert-OH is 1. The average Bonchev–Trinajstić information content (AvgIpc) is 2.33. The molecule has 1 N–H and O–H groups in total. The Hall–Kier alpha value is -1.21. The Labute approximate surface area is 112 Å². The van der Waals surface area contributed by atoms with Crippen molar-refractivity contribution in [3.05, 3.63) is 32.0 Å². The van der Waals surface area contributed by atoms with Gasteiger partial charge >= 0.3 is 5.69 Å². The van der Waals surface area contributed by atoms with Crippen molar-refractivity contribution in [1.82, 2.24) is 0 Å². The van der Waals surface area contributed by atoms with Crippen LogP contribution in [0.1, 0.15) is 12.5 Å². The molecular formula is C11H13BrFNO4. The van der Waals surface area contributed by atoms with Gasteiger partial charge in [-0.1, -0.05) is 6.92 Å². The van der Waals surface area contributed by atoms with Crippen molar-refractivity contribution in [1.29, 1.82) is 0 Å². The molecule has 100 valence electrons. The lowest BCUT2D eigenvalue weighted by molar-refractivity contribution is -0.387. The molecule has 1 atom stereocenters. The van der Waals surface area contributed by atoms with Gasteiger partial charge in [0.15, 0.2) is 0 Å². The van der Waals surface area contributed by atoms with Gasteiger partial charge in [-0.05, 0) is 28.3 Å². The zero-order valence-electron chi connectivity index (χ0n) is 9.94. The summed E-state index contributed by atoms with van der Waals surface area (Å²) in [6.07, 6.45) is 0.361. The van der Waals surface area contributed by atoms with Crippen LogP contribution in [0.5, 0.6) is 5.75 Å². The van der Waals surface area contributed by atoms with E-state index in [1.165, 1.54) is 7.11 Å².